The van der Waals surface area contributed by atoms with E-state index in [1.54, 1.807) is 12.1 Å². The molecule has 5 nitrogen and oxygen atoms in total. The molecule has 110 valence electrons. The van der Waals surface area contributed by atoms with Gasteiger partial charge in [-0.1, -0.05) is 12.1 Å². The summed E-state index contributed by atoms with van der Waals surface area (Å²) in [5.41, 5.74) is 0.766. The normalized spacial score (nSPS) is 10.4. The second-order valence-corrected chi connectivity index (χ2v) is 4.16. The standard InChI is InChI=1S/C14H17FO5/c1-10(16)18-8-14(9-19-11(2)17)20-7-12-3-5-13(15)6-4-12/h3-6,14H,7-9H2,1-2H3. The van der Waals surface area contributed by atoms with Crippen LogP contribution in [0, 0.1) is 5.82 Å². The highest BCUT2D eigenvalue weighted by atomic mass is 19.1. The van der Waals surface area contributed by atoms with Crippen molar-refractivity contribution in [2.24, 2.45) is 0 Å². The highest BCUT2D eigenvalue weighted by molar-refractivity contribution is 5.66. The molecule has 0 heterocycles. The number of carbonyl (C=O) groups is 2. The Labute approximate surface area is 116 Å². The molecule has 20 heavy (non-hydrogen) atoms. The summed E-state index contributed by atoms with van der Waals surface area (Å²) in [6, 6.07) is 5.83. The van der Waals surface area contributed by atoms with Gasteiger partial charge in [0.25, 0.3) is 0 Å². The Morgan fingerprint density at radius 3 is 2.00 bits per heavy atom. The monoisotopic (exact) mass is 284 g/mol. The summed E-state index contributed by atoms with van der Waals surface area (Å²) >= 11 is 0. The molecule has 1 aromatic carbocycles. The van der Waals surface area contributed by atoms with E-state index in [1.807, 2.05) is 0 Å². The predicted octanol–water partition coefficient (Wildman–Crippen LogP) is 1.84. The van der Waals surface area contributed by atoms with Crippen molar-refractivity contribution in [2.45, 2.75) is 26.6 Å². The summed E-state index contributed by atoms with van der Waals surface area (Å²) in [5.74, 6) is -1.21. The summed E-state index contributed by atoms with van der Waals surface area (Å²) in [4.78, 5) is 21.5. The minimum absolute atomic E-state index is 0.0101. The van der Waals surface area contributed by atoms with Gasteiger partial charge < -0.3 is 14.2 Å². The number of carbonyl (C=O) groups excluding carboxylic acids is 2. The van der Waals surface area contributed by atoms with Crippen molar-refractivity contribution in [2.75, 3.05) is 13.2 Å². The maximum atomic E-state index is 12.7. The first-order valence-corrected chi connectivity index (χ1v) is 6.10. The Hall–Kier alpha value is -1.95. The van der Waals surface area contributed by atoms with Gasteiger partial charge >= 0.3 is 11.9 Å². The highest BCUT2D eigenvalue weighted by Gasteiger charge is 2.13. The first kappa shape index (κ1) is 16.1. The zero-order valence-corrected chi connectivity index (χ0v) is 11.4. The van der Waals surface area contributed by atoms with Crippen molar-refractivity contribution in [3.8, 4) is 0 Å². The maximum Gasteiger partial charge on any atom is 0.302 e. The molecule has 0 amide bonds. The summed E-state index contributed by atoms with van der Waals surface area (Å²) in [6.07, 6.45) is -0.562. The van der Waals surface area contributed by atoms with Crippen molar-refractivity contribution >= 4 is 11.9 Å². The van der Waals surface area contributed by atoms with Crippen LogP contribution in [-0.4, -0.2) is 31.3 Å². The van der Waals surface area contributed by atoms with Crippen molar-refractivity contribution in [1.82, 2.24) is 0 Å². The molecule has 0 radical (unpaired) electrons. The second-order valence-electron chi connectivity index (χ2n) is 4.16. The fourth-order valence-electron chi connectivity index (χ4n) is 1.36. The van der Waals surface area contributed by atoms with Gasteiger partial charge in [0.1, 0.15) is 25.1 Å². The largest absolute Gasteiger partial charge is 0.463 e. The van der Waals surface area contributed by atoms with Crippen LogP contribution in [-0.2, 0) is 30.4 Å². The van der Waals surface area contributed by atoms with Crippen LogP contribution in [0.4, 0.5) is 4.39 Å². The van der Waals surface area contributed by atoms with Gasteiger partial charge in [0.15, 0.2) is 0 Å². The summed E-state index contributed by atoms with van der Waals surface area (Å²) in [7, 11) is 0. The summed E-state index contributed by atoms with van der Waals surface area (Å²) in [5, 5.41) is 0. The molecule has 1 rings (SSSR count). The Balaban J connectivity index is 2.47. The number of hydrogen-bond acceptors (Lipinski definition) is 5. The molecule has 0 aliphatic heterocycles. The minimum Gasteiger partial charge on any atom is -0.463 e. The average Bonchev–Trinajstić information content (AvgIpc) is 2.39. The molecule has 0 saturated heterocycles. The third-order valence-corrected chi connectivity index (χ3v) is 2.34. The number of rotatable bonds is 7. The van der Waals surface area contributed by atoms with Gasteiger partial charge in [0.05, 0.1) is 6.61 Å². The molecule has 6 heteroatoms. The van der Waals surface area contributed by atoms with E-state index in [0.29, 0.717) is 0 Å². The second kappa shape index (κ2) is 8.27. The fraction of sp³-hybridized carbons (Fsp3) is 0.429. The smallest absolute Gasteiger partial charge is 0.302 e. The highest BCUT2D eigenvalue weighted by Crippen LogP contribution is 2.07. The van der Waals surface area contributed by atoms with Crippen LogP contribution in [0.2, 0.25) is 0 Å². The Kier molecular flexibility index (Phi) is 6.66. The quantitative estimate of drug-likeness (QED) is 0.715. The van der Waals surface area contributed by atoms with Gasteiger partial charge in [-0.3, -0.25) is 9.59 Å². The molecule has 1 aromatic rings. The zero-order valence-electron chi connectivity index (χ0n) is 11.4. The van der Waals surface area contributed by atoms with E-state index in [4.69, 9.17) is 14.2 Å². The predicted molar refractivity (Wildman–Crippen MR) is 68.2 cm³/mol. The lowest BCUT2D eigenvalue weighted by molar-refractivity contribution is -0.153. The first-order chi connectivity index (χ1) is 9.47. The molecule has 0 aliphatic rings. The molecule has 0 aromatic heterocycles. The maximum absolute atomic E-state index is 12.7. The molecule has 0 atom stereocenters. The van der Waals surface area contributed by atoms with Crippen molar-refractivity contribution in [1.29, 1.82) is 0 Å². The number of benzene rings is 1. The third-order valence-electron chi connectivity index (χ3n) is 2.34. The van der Waals surface area contributed by atoms with E-state index in [2.05, 4.69) is 0 Å². The van der Waals surface area contributed by atoms with Crippen molar-refractivity contribution in [3.05, 3.63) is 35.6 Å². The summed E-state index contributed by atoms with van der Waals surface area (Å²) < 4.78 is 27.9. The van der Waals surface area contributed by atoms with Crippen LogP contribution in [0.1, 0.15) is 19.4 Å². The van der Waals surface area contributed by atoms with Crippen LogP contribution >= 0.6 is 0 Å². The van der Waals surface area contributed by atoms with E-state index in [-0.39, 0.29) is 25.6 Å². The lowest BCUT2D eigenvalue weighted by Crippen LogP contribution is -2.27. The van der Waals surface area contributed by atoms with Gasteiger partial charge in [-0.05, 0) is 17.7 Å². The first-order valence-electron chi connectivity index (χ1n) is 6.10. The average molecular weight is 284 g/mol. The van der Waals surface area contributed by atoms with E-state index < -0.39 is 18.0 Å². The molecule has 0 fully saturated rings. The Morgan fingerprint density at radius 1 is 1.05 bits per heavy atom. The lowest BCUT2D eigenvalue weighted by Gasteiger charge is -2.17. The van der Waals surface area contributed by atoms with Gasteiger partial charge in [0.2, 0.25) is 0 Å². The number of hydrogen-bond donors (Lipinski definition) is 0. The molecule has 0 saturated carbocycles. The Bertz CT molecular complexity index is 425. The zero-order chi connectivity index (χ0) is 15.0. The Morgan fingerprint density at radius 2 is 1.55 bits per heavy atom. The number of ether oxygens (including phenoxy) is 3. The number of esters is 2. The molecule has 0 spiro atoms. The van der Waals surface area contributed by atoms with Gasteiger partial charge in [-0.2, -0.15) is 0 Å². The lowest BCUT2D eigenvalue weighted by atomic mass is 10.2. The molecule has 0 aliphatic carbocycles. The van der Waals surface area contributed by atoms with E-state index in [9.17, 15) is 14.0 Å². The molecule has 0 unspecified atom stereocenters. The van der Waals surface area contributed by atoms with Gasteiger partial charge in [0, 0.05) is 13.8 Å². The van der Waals surface area contributed by atoms with E-state index >= 15 is 0 Å². The van der Waals surface area contributed by atoms with Crippen LogP contribution in [0.3, 0.4) is 0 Å². The fourth-order valence-corrected chi connectivity index (χ4v) is 1.36. The minimum atomic E-state index is -0.562. The van der Waals surface area contributed by atoms with Crippen LogP contribution in [0.25, 0.3) is 0 Å². The molecular formula is C14H17FO5. The molecule has 0 N–H and O–H groups in total. The van der Waals surface area contributed by atoms with Crippen LogP contribution in [0.15, 0.2) is 24.3 Å². The van der Waals surface area contributed by atoms with Crippen LogP contribution in [0.5, 0.6) is 0 Å². The third kappa shape index (κ3) is 6.84. The molecular weight excluding hydrogens is 267 g/mol. The summed E-state index contributed by atoms with van der Waals surface area (Å²) in [6.45, 7) is 2.74. The number of halogens is 1. The van der Waals surface area contributed by atoms with E-state index in [1.165, 1.54) is 26.0 Å². The molecule has 0 bridgehead atoms. The van der Waals surface area contributed by atoms with Gasteiger partial charge in [-0.15, -0.1) is 0 Å². The van der Waals surface area contributed by atoms with Crippen molar-refractivity contribution < 1.29 is 28.2 Å². The SMILES string of the molecule is CC(=O)OCC(COC(C)=O)OCc1ccc(F)cc1. The topological polar surface area (TPSA) is 61.8 Å². The van der Waals surface area contributed by atoms with Crippen LogP contribution < -0.4 is 0 Å². The van der Waals surface area contributed by atoms with E-state index in [0.717, 1.165) is 5.56 Å². The van der Waals surface area contributed by atoms with Gasteiger partial charge in [-0.25, -0.2) is 4.39 Å². The van der Waals surface area contributed by atoms with Crippen molar-refractivity contribution in [3.63, 3.8) is 0 Å².